The van der Waals surface area contributed by atoms with E-state index in [1.54, 1.807) is 7.11 Å². The van der Waals surface area contributed by atoms with E-state index < -0.39 is 0 Å². The molecule has 1 aromatic rings. The van der Waals surface area contributed by atoms with Gasteiger partial charge in [-0.15, -0.1) is 11.6 Å². The minimum atomic E-state index is 0.195. The molecule has 2 rings (SSSR count). The van der Waals surface area contributed by atoms with Gasteiger partial charge in [-0.25, -0.2) is 4.99 Å². The van der Waals surface area contributed by atoms with Gasteiger partial charge >= 0.3 is 0 Å². The lowest BCUT2D eigenvalue weighted by atomic mass is 10.2. The first-order valence-corrected chi connectivity index (χ1v) is 7.44. The van der Waals surface area contributed by atoms with Crippen molar-refractivity contribution in [3.05, 3.63) is 41.6 Å². The zero-order valence-corrected chi connectivity index (χ0v) is 12.9. The fraction of sp³-hybridized carbons (Fsp3) is 0.286. The van der Waals surface area contributed by atoms with E-state index >= 15 is 0 Å². The summed E-state index contributed by atoms with van der Waals surface area (Å²) in [5.74, 6) is 1.36. The Kier molecular flexibility index (Phi) is 5.49. The molecule has 0 spiro atoms. The van der Waals surface area contributed by atoms with Gasteiger partial charge in [-0.1, -0.05) is 13.0 Å². The second-order valence-electron chi connectivity index (χ2n) is 3.89. The second kappa shape index (κ2) is 7.36. The first-order chi connectivity index (χ1) is 9.78. The molecule has 20 heavy (non-hydrogen) atoms. The number of benzene rings is 1. The standard InChI is InChI=1S/C14H15ClN2O2S/c1-3-4-12-14(16-9-15)20-19-13(17-12)10-5-7-11(18-2)8-6-10/h4-8H,3,9H2,1-2H3/b12-4+,16-14+. The Morgan fingerprint density at radius 1 is 1.40 bits per heavy atom. The van der Waals surface area contributed by atoms with Crippen LogP contribution in [0.2, 0.25) is 0 Å². The third-order valence-electron chi connectivity index (χ3n) is 2.58. The van der Waals surface area contributed by atoms with Crippen molar-refractivity contribution in [3.63, 3.8) is 0 Å². The number of nitrogens with zero attached hydrogens (tertiary/aromatic N) is 2. The number of halogens is 1. The van der Waals surface area contributed by atoms with Crippen LogP contribution in [0.15, 0.2) is 46.0 Å². The van der Waals surface area contributed by atoms with Gasteiger partial charge in [-0.3, -0.25) is 4.99 Å². The number of hydrogen-bond donors (Lipinski definition) is 0. The van der Waals surface area contributed by atoms with E-state index in [-0.39, 0.29) is 6.00 Å². The van der Waals surface area contributed by atoms with Gasteiger partial charge in [0, 0.05) is 5.56 Å². The molecule has 0 saturated carbocycles. The Labute approximate surface area is 127 Å². The molecule has 0 aliphatic carbocycles. The van der Waals surface area contributed by atoms with Crippen molar-refractivity contribution in [2.75, 3.05) is 13.1 Å². The summed E-state index contributed by atoms with van der Waals surface area (Å²) in [5, 5.41) is 0.708. The SMILES string of the molecule is CC/C=C1/N=C(c2ccc(OC)cc2)OS/C1=N/CCl. The zero-order chi connectivity index (χ0) is 14.4. The lowest BCUT2D eigenvalue weighted by molar-refractivity contribution is 0.414. The molecule has 1 aliphatic rings. The Morgan fingerprint density at radius 2 is 2.15 bits per heavy atom. The van der Waals surface area contributed by atoms with Crippen LogP contribution >= 0.6 is 23.6 Å². The lowest BCUT2D eigenvalue weighted by Crippen LogP contribution is -2.13. The van der Waals surface area contributed by atoms with E-state index in [0.29, 0.717) is 10.9 Å². The molecule has 0 radical (unpaired) electrons. The zero-order valence-electron chi connectivity index (χ0n) is 11.3. The van der Waals surface area contributed by atoms with Crippen molar-refractivity contribution in [1.82, 2.24) is 0 Å². The molecule has 0 N–H and O–H groups in total. The van der Waals surface area contributed by atoms with Crippen molar-refractivity contribution >= 4 is 34.6 Å². The molecule has 4 nitrogen and oxygen atoms in total. The molecule has 6 heteroatoms. The van der Waals surface area contributed by atoms with Gasteiger partial charge in [0.2, 0.25) is 5.90 Å². The summed E-state index contributed by atoms with van der Waals surface area (Å²) in [6, 6.07) is 7.76. The average Bonchev–Trinajstić information content (AvgIpc) is 2.50. The number of ether oxygens (including phenoxy) is 1. The molecule has 0 amide bonds. The van der Waals surface area contributed by atoms with Crippen molar-refractivity contribution in [1.29, 1.82) is 0 Å². The maximum absolute atomic E-state index is 5.64. The molecule has 1 aromatic carbocycles. The van der Waals surface area contributed by atoms with E-state index in [9.17, 15) is 0 Å². The third-order valence-corrected chi connectivity index (χ3v) is 3.44. The number of rotatable bonds is 4. The van der Waals surface area contributed by atoms with Gasteiger partial charge in [0.25, 0.3) is 0 Å². The second-order valence-corrected chi connectivity index (χ2v) is 4.85. The number of hydrogen-bond acceptors (Lipinski definition) is 5. The van der Waals surface area contributed by atoms with Crippen LogP contribution in [0.5, 0.6) is 5.75 Å². The largest absolute Gasteiger partial charge is 0.497 e. The van der Waals surface area contributed by atoms with Gasteiger partial charge in [0.05, 0.1) is 12.8 Å². The summed E-state index contributed by atoms with van der Waals surface area (Å²) in [6.45, 7) is 2.05. The summed E-state index contributed by atoms with van der Waals surface area (Å²) in [4.78, 5) is 8.67. The summed E-state index contributed by atoms with van der Waals surface area (Å²) >= 11 is 6.83. The van der Waals surface area contributed by atoms with Crippen LogP contribution in [0.3, 0.4) is 0 Å². The highest BCUT2D eigenvalue weighted by Crippen LogP contribution is 2.26. The molecular weight excluding hydrogens is 296 g/mol. The highest BCUT2D eigenvalue weighted by Gasteiger charge is 2.19. The molecule has 0 fully saturated rings. The number of allylic oxidation sites excluding steroid dienone is 1. The van der Waals surface area contributed by atoms with Crippen molar-refractivity contribution < 1.29 is 8.92 Å². The highest BCUT2D eigenvalue weighted by molar-refractivity contribution is 8.10. The molecule has 0 aromatic heterocycles. The van der Waals surface area contributed by atoms with Crippen LogP contribution < -0.4 is 4.74 Å². The van der Waals surface area contributed by atoms with E-state index in [4.69, 9.17) is 20.5 Å². The number of aliphatic imine (C=N–C) groups is 2. The van der Waals surface area contributed by atoms with Crippen molar-refractivity contribution in [2.45, 2.75) is 13.3 Å². The summed E-state index contributed by atoms with van der Waals surface area (Å²) in [5.41, 5.74) is 1.69. The maximum atomic E-state index is 5.64. The molecule has 1 aliphatic heterocycles. The number of methoxy groups -OCH3 is 1. The Hall–Kier alpha value is -1.46. The van der Waals surface area contributed by atoms with Crippen LogP contribution in [0.25, 0.3) is 0 Å². The Bertz CT molecular complexity index is 553. The summed E-state index contributed by atoms with van der Waals surface area (Å²) in [7, 11) is 1.64. The van der Waals surface area contributed by atoms with E-state index in [2.05, 4.69) is 9.98 Å². The van der Waals surface area contributed by atoms with Crippen molar-refractivity contribution in [2.24, 2.45) is 9.98 Å². The first-order valence-electron chi connectivity index (χ1n) is 6.17. The topological polar surface area (TPSA) is 43.2 Å². The van der Waals surface area contributed by atoms with Crippen LogP contribution in [0.1, 0.15) is 18.9 Å². The van der Waals surface area contributed by atoms with Gasteiger partial charge in [0.15, 0.2) is 5.04 Å². The third kappa shape index (κ3) is 3.55. The Balaban J connectivity index is 2.30. The number of alkyl halides is 1. The molecule has 1 heterocycles. The fourth-order valence-electron chi connectivity index (χ4n) is 1.63. The predicted octanol–water partition coefficient (Wildman–Crippen LogP) is 4.01. The monoisotopic (exact) mass is 310 g/mol. The van der Waals surface area contributed by atoms with Gasteiger partial charge in [-0.2, -0.15) is 0 Å². The van der Waals surface area contributed by atoms with Crippen LogP contribution in [-0.2, 0) is 4.18 Å². The lowest BCUT2D eigenvalue weighted by Gasteiger charge is -2.16. The molecule has 0 unspecified atom stereocenters. The minimum Gasteiger partial charge on any atom is -0.497 e. The van der Waals surface area contributed by atoms with Crippen LogP contribution in [0, 0.1) is 0 Å². The van der Waals surface area contributed by atoms with Crippen LogP contribution in [-0.4, -0.2) is 24.1 Å². The maximum Gasteiger partial charge on any atom is 0.236 e. The average molecular weight is 311 g/mol. The van der Waals surface area contributed by atoms with E-state index in [1.807, 2.05) is 37.3 Å². The van der Waals surface area contributed by atoms with E-state index in [1.165, 1.54) is 12.0 Å². The molecule has 0 bridgehead atoms. The molecule has 0 atom stereocenters. The van der Waals surface area contributed by atoms with Gasteiger partial charge < -0.3 is 8.92 Å². The molecule has 0 saturated heterocycles. The fourth-order valence-corrected chi connectivity index (χ4v) is 2.45. The highest BCUT2D eigenvalue weighted by atomic mass is 35.5. The molecular formula is C14H15ClN2O2S. The Morgan fingerprint density at radius 3 is 2.75 bits per heavy atom. The predicted molar refractivity (Wildman–Crippen MR) is 84.7 cm³/mol. The van der Waals surface area contributed by atoms with Crippen molar-refractivity contribution in [3.8, 4) is 5.75 Å². The van der Waals surface area contributed by atoms with Gasteiger partial charge in [-0.05, 0) is 30.7 Å². The normalized spacial score (nSPS) is 18.9. The quantitative estimate of drug-likeness (QED) is 0.479. The summed E-state index contributed by atoms with van der Waals surface area (Å²) in [6.07, 6.45) is 2.88. The first kappa shape index (κ1) is 14.9. The van der Waals surface area contributed by atoms with Crippen LogP contribution in [0.4, 0.5) is 0 Å². The minimum absolute atomic E-state index is 0.195. The van der Waals surface area contributed by atoms with E-state index in [0.717, 1.165) is 23.4 Å². The summed E-state index contributed by atoms with van der Waals surface area (Å²) < 4.78 is 10.7. The molecule has 106 valence electrons. The van der Waals surface area contributed by atoms with Gasteiger partial charge in [0.1, 0.15) is 23.8 Å². The smallest absolute Gasteiger partial charge is 0.236 e.